The Hall–Kier alpha value is -0.940. The molecule has 0 aliphatic heterocycles. The summed E-state index contributed by atoms with van der Waals surface area (Å²) in [5, 5.41) is 11.2. The zero-order chi connectivity index (χ0) is 12.0. The van der Waals surface area contributed by atoms with E-state index in [-0.39, 0.29) is 0 Å². The minimum absolute atomic E-state index is 0.334. The van der Waals surface area contributed by atoms with Crippen molar-refractivity contribution in [3.05, 3.63) is 11.9 Å². The first-order chi connectivity index (χ1) is 7.72. The standard InChI is InChI=1S/C11H23N5/c1-5-16(6-2)8-7-10(12-3)11-9-13-14-15(11)4/h9-10,12H,5-8H2,1-4H3. The second-order valence-corrected chi connectivity index (χ2v) is 3.94. The maximum absolute atomic E-state index is 3.97. The van der Waals surface area contributed by atoms with E-state index in [9.17, 15) is 0 Å². The first-order valence-corrected chi connectivity index (χ1v) is 5.97. The molecular weight excluding hydrogens is 202 g/mol. The molecule has 5 nitrogen and oxygen atoms in total. The summed E-state index contributed by atoms with van der Waals surface area (Å²) < 4.78 is 1.84. The van der Waals surface area contributed by atoms with E-state index in [0.29, 0.717) is 6.04 Å². The molecule has 1 atom stereocenters. The van der Waals surface area contributed by atoms with Gasteiger partial charge in [0.2, 0.25) is 0 Å². The van der Waals surface area contributed by atoms with Crippen LogP contribution < -0.4 is 5.32 Å². The number of rotatable bonds is 7. The van der Waals surface area contributed by atoms with Crippen LogP contribution in [0.5, 0.6) is 0 Å². The molecule has 1 aromatic heterocycles. The molecule has 92 valence electrons. The van der Waals surface area contributed by atoms with Crippen molar-refractivity contribution in [2.24, 2.45) is 7.05 Å². The maximum Gasteiger partial charge on any atom is 0.0753 e. The molecule has 0 radical (unpaired) electrons. The Kier molecular flexibility index (Phi) is 5.42. The van der Waals surface area contributed by atoms with Crippen molar-refractivity contribution in [1.82, 2.24) is 25.2 Å². The van der Waals surface area contributed by atoms with Crippen LogP contribution in [0.1, 0.15) is 32.0 Å². The fourth-order valence-corrected chi connectivity index (χ4v) is 1.90. The lowest BCUT2D eigenvalue weighted by Crippen LogP contribution is -2.29. The van der Waals surface area contributed by atoms with Gasteiger partial charge in [0.05, 0.1) is 17.9 Å². The van der Waals surface area contributed by atoms with Gasteiger partial charge in [-0.1, -0.05) is 19.1 Å². The highest BCUT2D eigenvalue weighted by atomic mass is 15.4. The number of hydrogen-bond donors (Lipinski definition) is 1. The van der Waals surface area contributed by atoms with Crippen molar-refractivity contribution in [2.75, 3.05) is 26.7 Å². The van der Waals surface area contributed by atoms with Gasteiger partial charge in [-0.05, 0) is 33.1 Å². The molecule has 0 aliphatic carbocycles. The second-order valence-electron chi connectivity index (χ2n) is 3.94. The maximum atomic E-state index is 3.97. The molecule has 1 N–H and O–H groups in total. The van der Waals surface area contributed by atoms with Crippen molar-refractivity contribution in [3.8, 4) is 0 Å². The largest absolute Gasteiger partial charge is 0.312 e. The molecule has 1 rings (SSSR count). The van der Waals surface area contributed by atoms with E-state index < -0.39 is 0 Å². The first kappa shape index (κ1) is 13.1. The van der Waals surface area contributed by atoms with Gasteiger partial charge in [0.1, 0.15) is 0 Å². The van der Waals surface area contributed by atoms with Crippen molar-refractivity contribution in [3.63, 3.8) is 0 Å². The molecule has 0 aromatic carbocycles. The number of nitrogens with one attached hydrogen (secondary N) is 1. The Balaban J connectivity index is 2.53. The predicted molar refractivity (Wildman–Crippen MR) is 65.2 cm³/mol. The van der Waals surface area contributed by atoms with E-state index >= 15 is 0 Å². The molecule has 5 heteroatoms. The lowest BCUT2D eigenvalue weighted by atomic mass is 10.1. The monoisotopic (exact) mass is 225 g/mol. The molecule has 0 fully saturated rings. The van der Waals surface area contributed by atoms with Gasteiger partial charge < -0.3 is 10.2 Å². The van der Waals surface area contributed by atoms with Gasteiger partial charge in [-0.3, -0.25) is 4.68 Å². The third-order valence-electron chi connectivity index (χ3n) is 3.08. The van der Waals surface area contributed by atoms with Crippen molar-refractivity contribution < 1.29 is 0 Å². The summed E-state index contributed by atoms with van der Waals surface area (Å²) in [5.41, 5.74) is 1.15. The van der Waals surface area contributed by atoms with Crippen molar-refractivity contribution >= 4 is 0 Å². The summed E-state index contributed by atoms with van der Waals surface area (Å²) in [4.78, 5) is 2.42. The predicted octanol–water partition coefficient (Wildman–Crippen LogP) is 0.807. The molecule has 1 aromatic rings. The second kappa shape index (κ2) is 6.60. The van der Waals surface area contributed by atoms with Crippen LogP contribution in [0.15, 0.2) is 6.20 Å². The zero-order valence-electron chi connectivity index (χ0n) is 10.8. The molecule has 0 amide bonds. The lowest BCUT2D eigenvalue weighted by Gasteiger charge is -2.22. The first-order valence-electron chi connectivity index (χ1n) is 5.97. The van der Waals surface area contributed by atoms with Gasteiger partial charge in [-0.25, -0.2) is 0 Å². The smallest absolute Gasteiger partial charge is 0.0753 e. The molecule has 0 saturated carbocycles. The summed E-state index contributed by atoms with van der Waals surface area (Å²) in [7, 11) is 3.92. The molecule has 0 bridgehead atoms. The van der Waals surface area contributed by atoms with Gasteiger partial charge in [-0.2, -0.15) is 0 Å². The van der Waals surface area contributed by atoms with E-state index in [2.05, 4.69) is 34.4 Å². The molecule has 1 heterocycles. The highest BCUT2D eigenvalue weighted by Crippen LogP contribution is 2.14. The van der Waals surface area contributed by atoms with Gasteiger partial charge >= 0.3 is 0 Å². The van der Waals surface area contributed by atoms with Gasteiger partial charge in [-0.15, -0.1) is 5.10 Å². The Morgan fingerprint density at radius 3 is 2.56 bits per heavy atom. The number of hydrogen-bond acceptors (Lipinski definition) is 4. The van der Waals surface area contributed by atoms with Gasteiger partial charge in [0.15, 0.2) is 0 Å². The topological polar surface area (TPSA) is 46.0 Å². The van der Waals surface area contributed by atoms with Crippen LogP contribution in [0, 0.1) is 0 Å². The number of nitrogens with zero attached hydrogens (tertiary/aromatic N) is 4. The van der Waals surface area contributed by atoms with Gasteiger partial charge in [0, 0.05) is 7.05 Å². The average Bonchev–Trinajstić information content (AvgIpc) is 2.71. The van der Waals surface area contributed by atoms with Crippen molar-refractivity contribution in [2.45, 2.75) is 26.3 Å². The van der Waals surface area contributed by atoms with Crippen LogP contribution in [-0.2, 0) is 7.05 Å². The highest BCUT2D eigenvalue weighted by molar-refractivity contribution is 5.01. The van der Waals surface area contributed by atoms with E-state index in [1.807, 2.05) is 25.0 Å². The minimum atomic E-state index is 0.334. The quantitative estimate of drug-likeness (QED) is 0.746. The third kappa shape index (κ3) is 3.28. The lowest BCUT2D eigenvalue weighted by molar-refractivity contribution is 0.282. The average molecular weight is 225 g/mol. The Bertz CT molecular complexity index is 292. The fourth-order valence-electron chi connectivity index (χ4n) is 1.90. The van der Waals surface area contributed by atoms with Crippen LogP contribution in [0.3, 0.4) is 0 Å². The van der Waals surface area contributed by atoms with E-state index in [1.54, 1.807) is 0 Å². The zero-order valence-corrected chi connectivity index (χ0v) is 10.8. The van der Waals surface area contributed by atoms with E-state index in [4.69, 9.17) is 0 Å². The summed E-state index contributed by atoms with van der Waals surface area (Å²) >= 11 is 0. The van der Waals surface area contributed by atoms with Crippen LogP contribution in [0.2, 0.25) is 0 Å². The number of aryl methyl sites for hydroxylation is 1. The summed E-state index contributed by atoms with van der Waals surface area (Å²) in [6, 6.07) is 0.334. The highest BCUT2D eigenvalue weighted by Gasteiger charge is 2.14. The SMILES string of the molecule is CCN(CC)CCC(NC)c1cnnn1C. The van der Waals surface area contributed by atoms with Crippen LogP contribution in [0.4, 0.5) is 0 Å². The summed E-state index contributed by atoms with van der Waals surface area (Å²) in [5.74, 6) is 0. The Morgan fingerprint density at radius 2 is 2.12 bits per heavy atom. The molecule has 0 aliphatic rings. The van der Waals surface area contributed by atoms with Gasteiger partial charge in [0.25, 0.3) is 0 Å². The minimum Gasteiger partial charge on any atom is -0.312 e. The molecule has 0 spiro atoms. The van der Waals surface area contributed by atoms with Crippen LogP contribution >= 0.6 is 0 Å². The molecule has 16 heavy (non-hydrogen) atoms. The molecule has 1 unspecified atom stereocenters. The Morgan fingerprint density at radius 1 is 1.44 bits per heavy atom. The summed E-state index contributed by atoms with van der Waals surface area (Å²) in [6.45, 7) is 7.71. The number of aromatic nitrogens is 3. The normalized spacial score (nSPS) is 13.3. The summed E-state index contributed by atoms with van der Waals surface area (Å²) in [6.07, 6.45) is 2.92. The van der Waals surface area contributed by atoms with Crippen molar-refractivity contribution in [1.29, 1.82) is 0 Å². The van der Waals surface area contributed by atoms with E-state index in [1.165, 1.54) is 0 Å². The molecule has 0 saturated heterocycles. The fraction of sp³-hybridized carbons (Fsp3) is 0.818. The molecular formula is C11H23N5. The Labute approximate surface area is 97.8 Å². The van der Waals surface area contributed by atoms with Crippen LogP contribution in [-0.4, -0.2) is 46.6 Å². The van der Waals surface area contributed by atoms with Crippen LogP contribution in [0.25, 0.3) is 0 Å². The van der Waals surface area contributed by atoms with E-state index in [0.717, 1.165) is 31.7 Å². The third-order valence-corrected chi connectivity index (χ3v) is 3.08.